The van der Waals surface area contributed by atoms with E-state index in [1.807, 2.05) is 0 Å². The van der Waals surface area contributed by atoms with E-state index in [2.05, 4.69) is 23.6 Å². The van der Waals surface area contributed by atoms with Crippen molar-refractivity contribution in [3.8, 4) is 0 Å². The largest absolute Gasteiger partial charge is 0.379 e. The molecule has 0 spiro atoms. The number of hydrogen-bond acceptors (Lipinski definition) is 4. The van der Waals surface area contributed by atoms with Gasteiger partial charge in [0.05, 0.1) is 13.2 Å². The minimum absolute atomic E-state index is 0.258. The van der Waals surface area contributed by atoms with Gasteiger partial charge in [0, 0.05) is 30.4 Å². The molecule has 0 aromatic heterocycles. The topological polar surface area (TPSA) is 38.5 Å². The molecular weight excluding hydrogens is 196 g/mol. The Kier molecular flexibility index (Phi) is 3.37. The van der Waals surface area contributed by atoms with E-state index in [4.69, 9.17) is 10.5 Å². The molecule has 2 N–H and O–H groups in total. The van der Waals surface area contributed by atoms with Crippen molar-refractivity contribution in [1.29, 1.82) is 0 Å². The zero-order valence-electron chi connectivity index (χ0n) is 8.87. The summed E-state index contributed by atoms with van der Waals surface area (Å²) in [6.45, 7) is 6.98. The summed E-state index contributed by atoms with van der Waals surface area (Å²) in [7, 11) is 0. The van der Waals surface area contributed by atoms with Crippen LogP contribution in [0.2, 0.25) is 0 Å². The predicted octanol–water partition coefficient (Wildman–Crippen LogP) is 0.542. The van der Waals surface area contributed by atoms with Crippen molar-refractivity contribution >= 4 is 11.8 Å². The van der Waals surface area contributed by atoms with Crippen LogP contribution in [0.15, 0.2) is 0 Å². The van der Waals surface area contributed by atoms with Crippen LogP contribution in [0.25, 0.3) is 0 Å². The van der Waals surface area contributed by atoms with E-state index in [1.165, 1.54) is 12.2 Å². The van der Waals surface area contributed by atoms with E-state index >= 15 is 0 Å². The molecule has 0 aromatic carbocycles. The number of thioether (sulfide) groups is 1. The number of hydrogen-bond donors (Lipinski definition) is 1. The summed E-state index contributed by atoms with van der Waals surface area (Å²) < 4.78 is 5.39. The maximum atomic E-state index is 5.99. The number of nitrogens with zero attached hydrogens (tertiary/aromatic N) is 1. The highest BCUT2D eigenvalue weighted by molar-refractivity contribution is 8.00. The molecule has 2 aliphatic heterocycles. The summed E-state index contributed by atoms with van der Waals surface area (Å²) in [6, 6.07) is 0. The van der Waals surface area contributed by atoms with E-state index in [1.54, 1.807) is 0 Å². The second-order valence-electron chi connectivity index (χ2n) is 4.17. The summed E-state index contributed by atoms with van der Waals surface area (Å²) in [5, 5.41) is 0.672. The maximum absolute atomic E-state index is 5.99. The number of morpholine rings is 1. The molecular formula is C10H20N2OS. The van der Waals surface area contributed by atoms with Crippen LogP contribution in [-0.2, 0) is 4.74 Å². The fraction of sp³-hybridized carbons (Fsp3) is 1.00. The molecule has 2 atom stereocenters. The van der Waals surface area contributed by atoms with Crippen LogP contribution in [0.5, 0.6) is 0 Å². The third-order valence-electron chi connectivity index (χ3n) is 3.65. The standard InChI is InChI=1S/C10H20N2OS/c1-9-10(8-11,2-7-14-9)12-3-5-13-6-4-12/h9H,2-8,11H2,1H3. The first-order chi connectivity index (χ1) is 6.79. The third-order valence-corrected chi connectivity index (χ3v) is 5.03. The Morgan fingerprint density at radius 1 is 1.50 bits per heavy atom. The molecule has 0 saturated carbocycles. The normalized spacial score (nSPS) is 40.3. The second-order valence-corrected chi connectivity index (χ2v) is 5.62. The summed E-state index contributed by atoms with van der Waals surface area (Å²) in [6.07, 6.45) is 1.25. The molecule has 0 radical (unpaired) electrons. The van der Waals surface area contributed by atoms with Crippen LogP contribution in [0.3, 0.4) is 0 Å². The highest BCUT2D eigenvalue weighted by atomic mass is 32.2. The van der Waals surface area contributed by atoms with Crippen molar-refractivity contribution in [2.24, 2.45) is 5.73 Å². The van der Waals surface area contributed by atoms with E-state index in [0.717, 1.165) is 32.8 Å². The first-order valence-electron chi connectivity index (χ1n) is 5.44. The van der Waals surface area contributed by atoms with Crippen molar-refractivity contribution < 1.29 is 4.74 Å². The molecule has 3 nitrogen and oxygen atoms in total. The molecule has 0 amide bonds. The van der Waals surface area contributed by atoms with Crippen LogP contribution in [0.1, 0.15) is 13.3 Å². The average Bonchev–Trinajstić information content (AvgIpc) is 2.62. The highest BCUT2D eigenvalue weighted by Crippen LogP contribution is 2.39. The zero-order chi connectivity index (χ0) is 10.0. The van der Waals surface area contributed by atoms with Crippen LogP contribution >= 0.6 is 11.8 Å². The molecule has 0 aliphatic carbocycles. The number of nitrogens with two attached hydrogens (primary N) is 1. The van der Waals surface area contributed by atoms with Crippen molar-refractivity contribution in [3.63, 3.8) is 0 Å². The number of rotatable bonds is 2. The highest BCUT2D eigenvalue weighted by Gasteiger charge is 2.44. The summed E-state index contributed by atoms with van der Waals surface area (Å²) in [4.78, 5) is 2.56. The summed E-state index contributed by atoms with van der Waals surface area (Å²) in [5.74, 6) is 1.26. The van der Waals surface area contributed by atoms with Gasteiger partial charge in [-0.1, -0.05) is 6.92 Å². The van der Waals surface area contributed by atoms with Gasteiger partial charge in [0.1, 0.15) is 0 Å². The van der Waals surface area contributed by atoms with Gasteiger partial charge in [-0.05, 0) is 12.2 Å². The maximum Gasteiger partial charge on any atom is 0.0594 e. The first kappa shape index (κ1) is 10.7. The Labute approximate surface area is 90.3 Å². The average molecular weight is 216 g/mol. The van der Waals surface area contributed by atoms with Crippen molar-refractivity contribution in [3.05, 3.63) is 0 Å². The SMILES string of the molecule is CC1SCCC1(CN)N1CCOCC1. The van der Waals surface area contributed by atoms with Gasteiger partial charge in [0.2, 0.25) is 0 Å². The van der Waals surface area contributed by atoms with Crippen molar-refractivity contribution in [2.75, 3.05) is 38.6 Å². The molecule has 2 unspecified atom stereocenters. The molecule has 2 saturated heterocycles. The van der Waals surface area contributed by atoms with E-state index in [9.17, 15) is 0 Å². The number of ether oxygens (including phenoxy) is 1. The van der Waals surface area contributed by atoms with Gasteiger partial charge < -0.3 is 10.5 Å². The Morgan fingerprint density at radius 2 is 2.21 bits per heavy atom. The zero-order valence-corrected chi connectivity index (χ0v) is 9.68. The van der Waals surface area contributed by atoms with Crippen LogP contribution < -0.4 is 5.73 Å². The van der Waals surface area contributed by atoms with Gasteiger partial charge in [-0.25, -0.2) is 0 Å². The Hall–Kier alpha value is 0.230. The third kappa shape index (κ3) is 1.69. The fourth-order valence-electron chi connectivity index (χ4n) is 2.59. The van der Waals surface area contributed by atoms with E-state index in [0.29, 0.717) is 5.25 Å². The van der Waals surface area contributed by atoms with Gasteiger partial charge in [-0.15, -0.1) is 0 Å². The fourth-order valence-corrected chi connectivity index (χ4v) is 4.09. The molecule has 2 fully saturated rings. The van der Waals surface area contributed by atoms with Gasteiger partial charge >= 0.3 is 0 Å². The molecule has 0 bridgehead atoms. The lowest BCUT2D eigenvalue weighted by Crippen LogP contribution is -2.60. The Balaban J connectivity index is 2.09. The second kappa shape index (κ2) is 4.39. The summed E-state index contributed by atoms with van der Waals surface area (Å²) in [5.41, 5.74) is 6.25. The lowest BCUT2D eigenvalue weighted by molar-refractivity contribution is -0.0178. The molecule has 2 heterocycles. The minimum Gasteiger partial charge on any atom is -0.379 e. The van der Waals surface area contributed by atoms with Crippen LogP contribution in [-0.4, -0.2) is 54.3 Å². The smallest absolute Gasteiger partial charge is 0.0594 e. The Bertz CT molecular complexity index is 197. The summed E-state index contributed by atoms with van der Waals surface area (Å²) >= 11 is 2.06. The monoisotopic (exact) mass is 216 g/mol. The predicted molar refractivity (Wildman–Crippen MR) is 60.7 cm³/mol. The molecule has 2 aliphatic rings. The van der Waals surface area contributed by atoms with E-state index < -0.39 is 0 Å². The van der Waals surface area contributed by atoms with Crippen LogP contribution in [0.4, 0.5) is 0 Å². The lowest BCUT2D eigenvalue weighted by atomic mass is 9.90. The minimum atomic E-state index is 0.258. The quantitative estimate of drug-likeness (QED) is 0.731. The lowest BCUT2D eigenvalue weighted by Gasteiger charge is -2.45. The Morgan fingerprint density at radius 3 is 2.71 bits per heavy atom. The van der Waals surface area contributed by atoms with E-state index in [-0.39, 0.29) is 5.54 Å². The molecule has 14 heavy (non-hydrogen) atoms. The van der Waals surface area contributed by atoms with Crippen molar-refractivity contribution in [2.45, 2.75) is 24.1 Å². The van der Waals surface area contributed by atoms with Gasteiger partial charge in [-0.3, -0.25) is 4.90 Å². The van der Waals surface area contributed by atoms with Gasteiger partial charge in [-0.2, -0.15) is 11.8 Å². The van der Waals surface area contributed by atoms with Gasteiger partial charge in [0.25, 0.3) is 0 Å². The molecule has 0 aromatic rings. The molecule has 2 rings (SSSR count). The van der Waals surface area contributed by atoms with Gasteiger partial charge in [0.15, 0.2) is 0 Å². The van der Waals surface area contributed by atoms with Crippen molar-refractivity contribution in [1.82, 2.24) is 4.90 Å². The molecule has 4 heteroatoms. The first-order valence-corrected chi connectivity index (χ1v) is 6.49. The molecule has 82 valence electrons. The van der Waals surface area contributed by atoms with Crippen LogP contribution in [0, 0.1) is 0 Å².